The molecule has 0 saturated carbocycles. The van der Waals surface area contributed by atoms with Crippen molar-refractivity contribution in [3.8, 4) is 11.5 Å². The minimum Gasteiger partial charge on any atom is -0.456 e. The highest BCUT2D eigenvalue weighted by Crippen LogP contribution is 2.36. The van der Waals surface area contributed by atoms with Crippen molar-refractivity contribution in [1.82, 2.24) is 0 Å². The molecule has 0 aliphatic heterocycles. The second-order valence-corrected chi connectivity index (χ2v) is 5.43. The molecule has 0 radical (unpaired) electrons. The predicted octanol–water partition coefficient (Wildman–Crippen LogP) is 5.40. The molecule has 0 bridgehead atoms. The number of hydrogen-bond donors (Lipinski definition) is 1. The van der Waals surface area contributed by atoms with E-state index in [-0.39, 0.29) is 0 Å². The number of benzene rings is 3. The van der Waals surface area contributed by atoms with Crippen molar-refractivity contribution in [2.75, 3.05) is 0 Å². The zero-order chi connectivity index (χ0) is 14.8. The molecular formula is C17H13Cl2NO. The highest BCUT2D eigenvalue weighted by atomic mass is 35.5. The summed E-state index contributed by atoms with van der Waals surface area (Å²) in [5.41, 5.74) is 6.55. The van der Waals surface area contributed by atoms with E-state index in [2.05, 4.69) is 0 Å². The Bertz CT molecular complexity index is 802. The number of ether oxygens (including phenoxy) is 1. The van der Waals surface area contributed by atoms with E-state index in [1.54, 1.807) is 6.07 Å². The van der Waals surface area contributed by atoms with Gasteiger partial charge in [-0.25, -0.2) is 0 Å². The van der Waals surface area contributed by atoms with Gasteiger partial charge in [0.15, 0.2) is 0 Å². The average molecular weight is 318 g/mol. The summed E-state index contributed by atoms with van der Waals surface area (Å²) in [5.74, 6) is 1.39. The fraction of sp³-hybridized carbons (Fsp3) is 0.0588. The molecule has 4 heteroatoms. The SMILES string of the molecule is NCc1c(Cl)cccc1Oc1ccc(Cl)c2ccccc12. The molecule has 0 saturated heterocycles. The fourth-order valence-corrected chi connectivity index (χ4v) is 2.75. The molecule has 3 aromatic rings. The highest BCUT2D eigenvalue weighted by molar-refractivity contribution is 6.35. The molecule has 0 fully saturated rings. The third-order valence-corrected chi connectivity index (χ3v) is 4.01. The minimum atomic E-state index is 0.320. The molecule has 0 spiro atoms. The summed E-state index contributed by atoms with van der Waals surface area (Å²) in [6, 6.07) is 17.0. The summed E-state index contributed by atoms with van der Waals surface area (Å²) < 4.78 is 6.03. The third-order valence-electron chi connectivity index (χ3n) is 3.33. The van der Waals surface area contributed by atoms with E-state index in [0.717, 1.165) is 22.1 Å². The van der Waals surface area contributed by atoms with Crippen LogP contribution in [0.25, 0.3) is 10.8 Å². The first kappa shape index (κ1) is 14.2. The van der Waals surface area contributed by atoms with E-state index in [4.69, 9.17) is 33.7 Å². The Hall–Kier alpha value is -1.74. The molecular weight excluding hydrogens is 305 g/mol. The molecule has 0 aliphatic rings. The first-order chi connectivity index (χ1) is 10.2. The molecule has 106 valence electrons. The largest absolute Gasteiger partial charge is 0.456 e. The maximum Gasteiger partial charge on any atom is 0.135 e. The maximum absolute atomic E-state index is 6.22. The van der Waals surface area contributed by atoms with Crippen molar-refractivity contribution >= 4 is 34.0 Å². The maximum atomic E-state index is 6.22. The van der Waals surface area contributed by atoms with Crippen molar-refractivity contribution in [3.63, 3.8) is 0 Å². The Kier molecular flexibility index (Phi) is 4.02. The molecule has 0 unspecified atom stereocenters. The van der Waals surface area contributed by atoms with Gasteiger partial charge in [-0.1, -0.05) is 53.5 Å². The van der Waals surface area contributed by atoms with Crippen LogP contribution < -0.4 is 10.5 Å². The molecule has 21 heavy (non-hydrogen) atoms. The van der Waals surface area contributed by atoms with E-state index >= 15 is 0 Å². The van der Waals surface area contributed by atoms with Crippen LogP contribution in [0.2, 0.25) is 10.0 Å². The van der Waals surface area contributed by atoms with Crippen LogP contribution in [-0.2, 0) is 6.54 Å². The highest BCUT2D eigenvalue weighted by Gasteiger charge is 2.10. The van der Waals surface area contributed by atoms with Gasteiger partial charge >= 0.3 is 0 Å². The van der Waals surface area contributed by atoms with Crippen molar-refractivity contribution < 1.29 is 4.74 Å². The molecule has 0 amide bonds. The first-order valence-corrected chi connectivity index (χ1v) is 7.29. The van der Waals surface area contributed by atoms with Gasteiger partial charge in [-0.15, -0.1) is 0 Å². The van der Waals surface area contributed by atoms with Crippen LogP contribution in [0.15, 0.2) is 54.6 Å². The zero-order valence-electron chi connectivity index (χ0n) is 11.1. The summed E-state index contributed by atoms with van der Waals surface area (Å²) in [6.45, 7) is 0.320. The van der Waals surface area contributed by atoms with Crippen molar-refractivity contribution in [2.45, 2.75) is 6.54 Å². The molecule has 0 heterocycles. The van der Waals surface area contributed by atoms with Crippen LogP contribution in [0.1, 0.15) is 5.56 Å². The Labute approximate surface area is 133 Å². The van der Waals surface area contributed by atoms with Gasteiger partial charge in [-0.2, -0.15) is 0 Å². The molecule has 3 aromatic carbocycles. The van der Waals surface area contributed by atoms with Gasteiger partial charge in [0.1, 0.15) is 11.5 Å². The Morgan fingerprint density at radius 1 is 0.762 bits per heavy atom. The predicted molar refractivity (Wildman–Crippen MR) is 88.4 cm³/mol. The average Bonchev–Trinajstić information content (AvgIpc) is 2.51. The van der Waals surface area contributed by atoms with Crippen molar-refractivity contribution in [3.05, 3.63) is 70.2 Å². The van der Waals surface area contributed by atoms with Crippen molar-refractivity contribution in [2.24, 2.45) is 5.73 Å². The van der Waals surface area contributed by atoms with Crippen LogP contribution in [0.5, 0.6) is 11.5 Å². The van der Waals surface area contributed by atoms with E-state index in [0.29, 0.717) is 22.3 Å². The lowest BCUT2D eigenvalue weighted by Crippen LogP contribution is -2.00. The minimum absolute atomic E-state index is 0.320. The Balaban J connectivity index is 2.11. The Morgan fingerprint density at radius 2 is 1.52 bits per heavy atom. The summed E-state index contributed by atoms with van der Waals surface area (Å²) >= 11 is 12.4. The van der Waals surface area contributed by atoms with E-state index in [9.17, 15) is 0 Å². The van der Waals surface area contributed by atoms with Crippen LogP contribution in [0.3, 0.4) is 0 Å². The quantitative estimate of drug-likeness (QED) is 0.702. The third kappa shape index (κ3) is 2.70. The summed E-state index contributed by atoms with van der Waals surface area (Å²) in [7, 11) is 0. The topological polar surface area (TPSA) is 35.2 Å². The van der Waals surface area contributed by atoms with Gasteiger partial charge in [0, 0.05) is 32.9 Å². The smallest absolute Gasteiger partial charge is 0.135 e. The molecule has 0 atom stereocenters. The van der Waals surface area contributed by atoms with Gasteiger partial charge in [-0.05, 0) is 24.3 Å². The fourth-order valence-electron chi connectivity index (χ4n) is 2.27. The molecule has 3 rings (SSSR count). The van der Waals surface area contributed by atoms with Crippen LogP contribution in [0.4, 0.5) is 0 Å². The zero-order valence-corrected chi connectivity index (χ0v) is 12.7. The van der Waals surface area contributed by atoms with Gasteiger partial charge in [0.25, 0.3) is 0 Å². The Morgan fingerprint density at radius 3 is 2.29 bits per heavy atom. The summed E-state index contributed by atoms with van der Waals surface area (Å²) in [5, 5.41) is 3.21. The normalized spacial score (nSPS) is 10.8. The van der Waals surface area contributed by atoms with E-state index < -0.39 is 0 Å². The summed E-state index contributed by atoms with van der Waals surface area (Å²) in [4.78, 5) is 0. The number of hydrogen-bond acceptors (Lipinski definition) is 2. The first-order valence-electron chi connectivity index (χ1n) is 6.53. The lowest BCUT2D eigenvalue weighted by atomic mass is 10.1. The lowest BCUT2D eigenvalue weighted by molar-refractivity contribution is 0.482. The van der Waals surface area contributed by atoms with E-state index in [1.807, 2.05) is 48.5 Å². The molecule has 2 N–H and O–H groups in total. The van der Waals surface area contributed by atoms with Gasteiger partial charge in [-0.3, -0.25) is 0 Å². The lowest BCUT2D eigenvalue weighted by Gasteiger charge is -2.13. The standard InChI is InChI=1S/C17H13Cl2NO/c18-14-6-3-7-16(13(14)10-20)21-17-9-8-15(19)11-4-1-2-5-12(11)17/h1-9H,10,20H2. The molecule has 2 nitrogen and oxygen atoms in total. The molecule has 0 aromatic heterocycles. The van der Waals surface area contributed by atoms with Gasteiger partial charge < -0.3 is 10.5 Å². The number of nitrogens with two attached hydrogens (primary N) is 1. The molecule has 0 aliphatic carbocycles. The number of rotatable bonds is 3. The number of halogens is 2. The van der Waals surface area contributed by atoms with Crippen LogP contribution in [0, 0.1) is 0 Å². The van der Waals surface area contributed by atoms with Crippen LogP contribution in [-0.4, -0.2) is 0 Å². The second kappa shape index (κ2) is 5.94. The second-order valence-electron chi connectivity index (χ2n) is 4.61. The number of fused-ring (bicyclic) bond motifs is 1. The monoisotopic (exact) mass is 317 g/mol. The van der Waals surface area contributed by atoms with E-state index in [1.165, 1.54) is 0 Å². The van der Waals surface area contributed by atoms with Crippen molar-refractivity contribution in [1.29, 1.82) is 0 Å². The van der Waals surface area contributed by atoms with Crippen LogP contribution >= 0.6 is 23.2 Å². The van der Waals surface area contributed by atoms with Gasteiger partial charge in [0.05, 0.1) is 0 Å². The van der Waals surface area contributed by atoms with Gasteiger partial charge in [0.2, 0.25) is 0 Å². The summed E-state index contributed by atoms with van der Waals surface area (Å²) in [6.07, 6.45) is 0.